The van der Waals surface area contributed by atoms with Crippen molar-refractivity contribution in [3.8, 4) is 0 Å². The molecule has 1 aromatic carbocycles. The molecule has 2 aromatic rings. The number of aromatic nitrogens is 1. The molecular formula is C33H50F2N4O5S. The highest BCUT2D eigenvalue weighted by Crippen LogP contribution is 2.22. The SMILES string of the molecule is CCCC(CCC)SCC(NC(=O)c1cccnc1)C(=O)NCC(O)C(O)C(C)C(=O)NCC(C)C.Cc1cc(F)cc(F)c1. The Labute approximate surface area is 270 Å². The lowest BCUT2D eigenvalue weighted by molar-refractivity contribution is -0.131. The molecule has 2 rings (SSSR count). The van der Waals surface area contributed by atoms with Crippen molar-refractivity contribution in [1.29, 1.82) is 0 Å². The Balaban J connectivity index is 0.000000956. The van der Waals surface area contributed by atoms with E-state index in [-0.39, 0.29) is 18.4 Å². The Morgan fingerprint density at radius 2 is 1.53 bits per heavy atom. The van der Waals surface area contributed by atoms with E-state index in [1.807, 2.05) is 13.8 Å². The fourth-order valence-corrected chi connectivity index (χ4v) is 5.71. The Hall–Kier alpha value is -3.09. The highest BCUT2D eigenvalue weighted by molar-refractivity contribution is 7.99. The summed E-state index contributed by atoms with van der Waals surface area (Å²) in [6.07, 6.45) is 4.40. The molecule has 0 aliphatic rings. The summed E-state index contributed by atoms with van der Waals surface area (Å²) in [7, 11) is 0. The summed E-state index contributed by atoms with van der Waals surface area (Å²) in [6.45, 7) is 11.5. The van der Waals surface area contributed by atoms with Crippen LogP contribution in [0.3, 0.4) is 0 Å². The van der Waals surface area contributed by atoms with Gasteiger partial charge in [-0.3, -0.25) is 19.4 Å². The van der Waals surface area contributed by atoms with Crippen molar-refractivity contribution in [3.63, 3.8) is 0 Å². The minimum atomic E-state index is -1.35. The largest absolute Gasteiger partial charge is 0.390 e. The molecule has 3 amide bonds. The number of hydrogen-bond donors (Lipinski definition) is 5. The van der Waals surface area contributed by atoms with Crippen LogP contribution in [0.2, 0.25) is 0 Å². The number of thioether (sulfide) groups is 1. The lowest BCUT2D eigenvalue weighted by atomic mass is 9.98. The van der Waals surface area contributed by atoms with Gasteiger partial charge in [0.1, 0.15) is 17.7 Å². The second-order valence-electron chi connectivity index (χ2n) is 11.5. The second-order valence-corrected chi connectivity index (χ2v) is 12.8. The van der Waals surface area contributed by atoms with E-state index in [1.54, 1.807) is 37.0 Å². The first kappa shape index (κ1) is 39.9. The van der Waals surface area contributed by atoms with E-state index >= 15 is 0 Å². The van der Waals surface area contributed by atoms with Crippen molar-refractivity contribution in [1.82, 2.24) is 20.9 Å². The average Bonchev–Trinajstić information content (AvgIpc) is 2.99. The number of carbonyl (C=O) groups is 3. The minimum Gasteiger partial charge on any atom is -0.390 e. The summed E-state index contributed by atoms with van der Waals surface area (Å²) >= 11 is 1.65. The van der Waals surface area contributed by atoms with Crippen LogP contribution in [0.5, 0.6) is 0 Å². The van der Waals surface area contributed by atoms with Gasteiger partial charge in [0, 0.05) is 42.6 Å². The van der Waals surface area contributed by atoms with E-state index < -0.39 is 47.6 Å². The van der Waals surface area contributed by atoms with Gasteiger partial charge >= 0.3 is 0 Å². The van der Waals surface area contributed by atoms with Crippen LogP contribution in [-0.2, 0) is 9.59 Å². The number of nitrogens with one attached hydrogen (secondary N) is 3. The number of nitrogens with zero attached hydrogens (tertiary/aromatic N) is 1. The number of halogens is 2. The first-order valence-corrected chi connectivity index (χ1v) is 16.5. The van der Waals surface area contributed by atoms with Gasteiger partial charge in [0.05, 0.1) is 23.7 Å². The predicted octanol–water partition coefficient (Wildman–Crippen LogP) is 4.40. The summed E-state index contributed by atoms with van der Waals surface area (Å²) in [4.78, 5) is 41.9. The number of rotatable bonds is 17. The highest BCUT2D eigenvalue weighted by Gasteiger charge is 2.30. The van der Waals surface area contributed by atoms with Gasteiger partial charge in [0.2, 0.25) is 11.8 Å². The molecule has 1 aromatic heterocycles. The molecule has 9 nitrogen and oxygen atoms in total. The zero-order valence-electron chi connectivity index (χ0n) is 27.2. The quantitative estimate of drug-likeness (QED) is 0.171. The lowest BCUT2D eigenvalue weighted by Crippen LogP contribution is -2.52. The van der Waals surface area contributed by atoms with E-state index in [2.05, 4.69) is 34.8 Å². The molecular weight excluding hydrogens is 602 g/mol. The summed E-state index contributed by atoms with van der Waals surface area (Å²) < 4.78 is 24.4. The zero-order valence-corrected chi connectivity index (χ0v) is 28.0. The number of pyridine rings is 1. The van der Waals surface area contributed by atoms with Crippen LogP contribution in [0.15, 0.2) is 42.7 Å². The maximum Gasteiger partial charge on any atom is 0.253 e. The number of aryl methyl sites for hydroxylation is 1. The monoisotopic (exact) mass is 652 g/mol. The van der Waals surface area contributed by atoms with Gasteiger partial charge in [-0.2, -0.15) is 11.8 Å². The Morgan fingerprint density at radius 1 is 0.933 bits per heavy atom. The number of amides is 3. The van der Waals surface area contributed by atoms with Gasteiger partial charge in [0.25, 0.3) is 5.91 Å². The first-order chi connectivity index (χ1) is 21.3. The first-order valence-electron chi connectivity index (χ1n) is 15.5. The van der Waals surface area contributed by atoms with Crippen molar-refractivity contribution < 1.29 is 33.4 Å². The summed E-state index contributed by atoms with van der Waals surface area (Å²) in [5, 5.41) is 29.3. The molecule has 5 N–H and O–H groups in total. The summed E-state index contributed by atoms with van der Waals surface area (Å²) in [5.74, 6) is -2.51. The Kier molecular flexibility index (Phi) is 19.2. The zero-order chi connectivity index (χ0) is 33.9. The van der Waals surface area contributed by atoms with Gasteiger partial charge in [-0.05, 0) is 55.5 Å². The molecule has 0 radical (unpaired) electrons. The molecule has 0 aliphatic carbocycles. The smallest absolute Gasteiger partial charge is 0.253 e. The van der Waals surface area contributed by atoms with E-state index in [4.69, 9.17) is 0 Å². The molecule has 12 heteroatoms. The molecule has 0 aliphatic heterocycles. The van der Waals surface area contributed by atoms with E-state index in [1.165, 1.54) is 25.3 Å². The fraction of sp³-hybridized carbons (Fsp3) is 0.576. The molecule has 1 heterocycles. The molecule has 252 valence electrons. The van der Waals surface area contributed by atoms with Gasteiger partial charge in [-0.25, -0.2) is 8.78 Å². The third kappa shape index (κ3) is 16.2. The molecule has 0 fully saturated rings. The summed E-state index contributed by atoms with van der Waals surface area (Å²) in [6, 6.07) is 5.84. The van der Waals surface area contributed by atoms with Crippen molar-refractivity contribution >= 4 is 29.5 Å². The van der Waals surface area contributed by atoms with Crippen LogP contribution in [0.4, 0.5) is 8.78 Å². The number of aliphatic hydroxyl groups excluding tert-OH is 2. The number of hydrogen-bond acceptors (Lipinski definition) is 7. The molecule has 0 saturated heterocycles. The highest BCUT2D eigenvalue weighted by atomic mass is 32.2. The third-order valence-corrected chi connectivity index (χ3v) is 8.23. The topological polar surface area (TPSA) is 141 Å². The second kappa shape index (κ2) is 21.6. The third-order valence-electron chi connectivity index (χ3n) is 6.76. The van der Waals surface area contributed by atoms with Gasteiger partial charge in [-0.1, -0.05) is 47.5 Å². The van der Waals surface area contributed by atoms with Crippen LogP contribution in [0.1, 0.15) is 76.2 Å². The van der Waals surface area contributed by atoms with Gasteiger partial charge < -0.3 is 26.2 Å². The van der Waals surface area contributed by atoms with Gasteiger partial charge in [-0.15, -0.1) is 0 Å². The van der Waals surface area contributed by atoms with Crippen LogP contribution in [0.25, 0.3) is 0 Å². The fourth-order valence-electron chi connectivity index (χ4n) is 4.20. The number of benzene rings is 1. The standard InChI is InChI=1S/C26H44N4O5S.C7H6F2/c1-6-9-20(10-7-2)36-16-21(30-25(34)19-11-8-12-27-14-19)26(35)29-15-22(31)23(32)18(5)24(33)28-13-17(3)4;1-5-2-6(8)4-7(9)3-5/h8,11-12,14,17-18,20-23,31-32H,6-7,9-10,13,15-16H2,1-5H3,(H,28,33)(H,29,35)(H,30,34);2-4H,1H3. The van der Waals surface area contributed by atoms with Crippen molar-refractivity contribution in [2.24, 2.45) is 11.8 Å². The van der Waals surface area contributed by atoms with Crippen LogP contribution in [0, 0.1) is 30.4 Å². The Bertz CT molecular complexity index is 1120. The summed E-state index contributed by atoms with van der Waals surface area (Å²) in [5.41, 5.74) is 0.947. The minimum absolute atomic E-state index is 0.251. The molecule has 0 bridgehead atoms. The lowest BCUT2D eigenvalue weighted by Gasteiger charge is -2.25. The normalized spacial score (nSPS) is 13.7. The maximum absolute atomic E-state index is 13.0. The molecule has 4 atom stereocenters. The van der Waals surface area contributed by atoms with Crippen molar-refractivity contribution in [2.45, 2.75) is 90.7 Å². The maximum atomic E-state index is 13.0. The van der Waals surface area contributed by atoms with E-state index in [9.17, 15) is 33.4 Å². The van der Waals surface area contributed by atoms with Crippen LogP contribution in [-0.4, -0.2) is 75.3 Å². The van der Waals surface area contributed by atoms with Gasteiger partial charge in [0.15, 0.2) is 0 Å². The Morgan fingerprint density at radius 3 is 2.04 bits per heavy atom. The average molecular weight is 653 g/mol. The van der Waals surface area contributed by atoms with Crippen molar-refractivity contribution in [3.05, 3.63) is 65.5 Å². The van der Waals surface area contributed by atoms with E-state index in [0.29, 0.717) is 28.7 Å². The molecule has 45 heavy (non-hydrogen) atoms. The number of aliphatic hydroxyl groups is 2. The number of carbonyl (C=O) groups excluding carboxylic acids is 3. The van der Waals surface area contributed by atoms with Crippen molar-refractivity contribution in [2.75, 3.05) is 18.8 Å². The molecule has 0 spiro atoms. The molecule has 4 unspecified atom stereocenters. The predicted molar refractivity (Wildman–Crippen MR) is 175 cm³/mol. The van der Waals surface area contributed by atoms with Crippen LogP contribution < -0.4 is 16.0 Å². The van der Waals surface area contributed by atoms with Crippen LogP contribution >= 0.6 is 11.8 Å². The van der Waals surface area contributed by atoms with E-state index in [0.717, 1.165) is 31.7 Å². The molecule has 0 saturated carbocycles.